The van der Waals surface area contributed by atoms with Gasteiger partial charge in [-0.1, -0.05) is 36.3 Å². The van der Waals surface area contributed by atoms with Gasteiger partial charge in [-0.2, -0.15) is 0 Å². The molecule has 0 aromatic heterocycles. The van der Waals surface area contributed by atoms with E-state index in [0.29, 0.717) is 5.92 Å². The van der Waals surface area contributed by atoms with Gasteiger partial charge in [0.25, 0.3) is 0 Å². The molecule has 11 heavy (non-hydrogen) atoms. The molecule has 1 radical (unpaired) electrons. The molecule has 1 rings (SSSR count). The van der Waals surface area contributed by atoms with E-state index in [1.54, 1.807) is 0 Å². The first kappa shape index (κ1) is 7.88. The zero-order chi connectivity index (χ0) is 8.10. The summed E-state index contributed by atoms with van der Waals surface area (Å²) in [6.45, 7) is 5.57. The minimum atomic E-state index is 0.300. The molecule has 1 atom stereocenters. The summed E-state index contributed by atoms with van der Waals surface area (Å²) in [5, 5.41) is 0. The third-order valence-corrected chi connectivity index (χ3v) is 1.62. The first-order chi connectivity index (χ1) is 5.34. The Morgan fingerprint density at radius 2 is 1.91 bits per heavy atom. The van der Waals surface area contributed by atoms with E-state index in [4.69, 9.17) is 0 Å². The van der Waals surface area contributed by atoms with E-state index in [2.05, 4.69) is 37.8 Å². The summed E-state index contributed by atoms with van der Waals surface area (Å²) < 4.78 is 0. The van der Waals surface area contributed by atoms with Crippen LogP contribution < -0.4 is 0 Å². The summed E-state index contributed by atoms with van der Waals surface area (Å²) in [4.78, 5) is 0. The first-order valence-electron chi connectivity index (χ1n) is 3.67. The van der Waals surface area contributed by atoms with Gasteiger partial charge < -0.3 is 0 Å². The molecule has 0 nitrogen and oxygen atoms in total. The molecule has 0 saturated carbocycles. The van der Waals surface area contributed by atoms with Gasteiger partial charge in [-0.05, 0) is 12.5 Å². The lowest BCUT2D eigenvalue weighted by molar-refractivity contribution is 1.00. The van der Waals surface area contributed by atoms with Crippen molar-refractivity contribution in [1.82, 2.24) is 0 Å². The predicted molar refractivity (Wildman–Crippen MR) is 48.0 cm³/mol. The fourth-order valence-corrected chi connectivity index (χ4v) is 0.978. The van der Waals surface area contributed by atoms with Crippen LogP contribution in [0.5, 0.6) is 0 Å². The number of rotatable bonds is 1. The van der Waals surface area contributed by atoms with E-state index in [9.17, 15) is 0 Å². The lowest BCUT2D eigenvalue weighted by atomic mass is 10.0. The molecule has 0 amide bonds. The van der Waals surface area contributed by atoms with Crippen molar-refractivity contribution in [3.63, 3.8) is 0 Å². The van der Waals surface area contributed by atoms with Crippen LogP contribution in [-0.2, 0) is 0 Å². The van der Waals surface area contributed by atoms with E-state index >= 15 is 0 Å². The van der Waals surface area contributed by atoms with Gasteiger partial charge in [0.1, 0.15) is 0 Å². The van der Waals surface area contributed by atoms with Gasteiger partial charge in [-0.3, -0.25) is 0 Å². The van der Waals surface area contributed by atoms with Gasteiger partial charge in [0.15, 0.2) is 0 Å². The Kier molecular flexibility index (Phi) is 2.74. The average Bonchev–Trinajstić information content (AvgIpc) is 2.07. The molecule has 1 aromatic rings. The molecular formula is C11H11. The standard InChI is InChI=1S/C11H11/c1-3-7-10(2)11-8-5-4-6-9-11/h4-6,8-10H,1H2,2H3. The van der Waals surface area contributed by atoms with Crippen LogP contribution in [0.15, 0.2) is 30.3 Å². The van der Waals surface area contributed by atoms with Crippen LogP contribution in [0, 0.1) is 18.8 Å². The fourth-order valence-electron chi connectivity index (χ4n) is 0.978. The van der Waals surface area contributed by atoms with Crippen LogP contribution >= 0.6 is 0 Å². The molecule has 0 aliphatic heterocycles. The minimum absolute atomic E-state index is 0.300. The summed E-state index contributed by atoms with van der Waals surface area (Å²) in [6, 6.07) is 10.2. The van der Waals surface area contributed by atoms with E-state index < -0.39 is 0 Å². The lowest BCUT2D eigenvalue weighted by Crippen LogP contribution is -1.87. The Morgan fingerprint density at radius 3 is 2.45 bits per heavy atom. The summed E-state index contributed by atoms with van der Waals surface area (Å²) in [5.41, 5.74) is 1.25. The average molecular weight is 143 g/mol. The molecule has 1 aromatic carbocycles. The van der Waals surface area contributed by atoms with E-state index in [1.165, 1.54) is 5.56 Å². The van der Waals surface area contributed by atoms with E-state index in [1.807, 2.05) is 18.2 Å². The second kappa shape index (κ2) is 3.83. The molecular weight excluding hydrogens is 132 g/mol. The molecule has 0 saturated heterocycles. The van der Waals surface area contributed by atoms with Crippen LogP contribution in [-0.4, -0.2) is 0 Å². The topological polar surface area (TPSA) is 0 Å². The smallest absolute Gasteiger partial charge is 0.0424 e. The molecule has 0 bridgehead atoms. The molecule has 0 spiro atoms. The second-order valence-electron chi connectivity index (χ2n) is 2.45. The van der Waals surface area contributed by atoms with Crippen LogP contribution in [0.1, 0.15) is 18.4 Å². The summed E-state index contributed by atoms with van der Waals surface area (Å²) >= 11 is 0. The summed E-state index contributed by atoms with van der Waals surface area (Å²) in [6.07, 6.45) is 0. The fraction of sp³-hybridized carbons (Fsp3) is 0.182. The molecule has 0 fully saturated rings. The Labute approximate surface area is 68.3 Å². The molecule has 0 aliphatic rings. The molecule has 0 heteroatoms. The lowest BCUT2D eigenvalue weighted by Gasteiger charge is -2.01. The van der Waals surface area contributed by atoms with Gasteiger partial charge in [0.2, 0.25) is 0 Å². The highest BCUT2D eigenvalue weighted by Gasteiger charge is 1.97. The summed E-state index contributed by atoms with van der Waals surface area (Å²) in [7, 11) is 0. The Morgan fingerprint density at radius 1 is 1.27 bits per heavy atom. The van der Waals surface area contributed by atoms with Crippen molar-refractivity contribution in [3.05, 3.63) is 42.8 Å². The first-order valence-corrected chi connectivity index (χ1v) is 3.67. The number of hydrogen-bond acceptors (Lipinski definition) is 0. The van der Waals surface area contributed by atoms with Crippen LogP contribution in [0.25, 0.3) is 0 Å². The monoisotopic (exact) mass is 143 g/mol. The van der Waals surface area contributed by atoms with E-state index in [-0.39, 0.29) is 0 Å². The zero-order valence-corrected chi connectivity index (χ0v) is 6.67. The number of hydrogen-bond donors (Lipinski definition) is 0. The van der Waals surface area contributed by atoms with Crippen molar-refractivity contribution < 1.29 is 0 Å². The van der Waals surface area contributed by atoms with Gasteiger partial charge in [-0.25, -0.2) is 0 Å². The predicted octanol–water partition coefficient (Wildman–Crippen LogP) is 2.63. The van der Waals surface area contributed by atoms with E-state index in [0.717, 1.165) is 0 Å². The molecule has 0 aliphatic carbocycles. The molecule has 0 heterocycles. The van der Waals surface area contributed by atoms with Gasteiger partial charge in [-0.15, -0.1) is 5.92 Å². The third-order valence-electron chi connectivity index (χ3n) is 1.62. The maximum Gasteiger partial charge on any atom is 0.0424 e. The minimum Gasteiger partial charge on any atom is -0.102 e. The Balaban J connectivity index is 2.82. The number of benzene rings is 1. The Bertz CT molecular complexity index is 261. The SMILES string of the molecule is [CH2]C#CC(C)c1ccccc1. The van der Waals surface area contributed by atoms with Crippen molar-refractivity contribution in [2.24, 2.45) is 0 Å². The summed E-state index contributed by atoms with van der Waals surface area (Å²) in [5.74, 6) is 5.97. The quantitative estimate of drug-likeness (QED) is 0.530. The van der Waals surface area contributed by atoms with Gasteiger partial charge in [0.05, 0.1) is 0 Å². The van der Waals surface area contributed by atoms with Gasteiger partial charge in [0, 0.05) is 12.8 Å². The molecule has 1 unspecified atom stereocenters. The highest BCUT2D eigenvalue weighted by atomic mass is 14.0. The van der Waals surface area contributed by atoms with Crippen molar-refractivity contribution in [2.45, 2.75) is 12.8 Å². The molecule has 55 valence electrons. The largest absolute Gasteiger partial charge is 0.102 e. The Hall–Kier alpha value is -1.22. The van der Waals surface area contributed by atoms with Crippen LogP contribution in [0.4, 0.5) is 0 Å². The zero-order valence-electron chi connectivity index (χ0n) is 6.67. The third kappa shape index (κ3) is 2.13. The van der Waals surface area contributed by atoms with Gasteiger partial charge >= 0.3 is 0 Å². The highest BCUT2D eigenvalue weighted by Crippen LogP contribution is 2.12. The highest BCUT2D eigenvalue weighted by molar-refractivity contribution is 5.26. The van der Waals surface area contributed by atoms with Crippen LogP contribution in [0.3, 0.4) is 0 Å². The van der Waals surface area contributed by atoms with Crippen molar-refractivity contribution in [2.75, 3.05) is 0 Å². The maximum absolute atomic E-state index is 3.49. The van der Waals surface area contributed by atoms with Crippen molar-refractivity contribution >= 4 is 0 Å². The van der Waals surface area contributed by atoms with Crippen LogP contribution in [0.2, 0.25) is 0 Å². The maximum atomic E-state index is 3.49. The second-order valence-corrected chi connectivity index (χ2v) is 2.45. The normalized spacial score (nSPS) is 11.5. The van der Waals surface area contributed by atoms with Crippen molar-refractivity contribution in [3.8, 4) is 11.8 Å². The molecule has 0 N–H and O–H groups in total. The van der Waals surface area contributed by atoms with Crippen molar-refractivity contribution in [1.29, 1.82) is 0 Å².